The fourth-order valence-electron chi connectivity index (χ4n) is 2.35. The molecule has 0 fully saturated rings. The summed E-state index contributed by atoms with van der Waals surface area (Å²) in [6.45, 7) is -0.567. The predicted octanol–water partition coefficient (Wildman–Crippen LogP) is 2.85. The average Bonchev–Trinajstić information content (AvgIpc) is 2.69. The van der Waals surface area contributed by atoms with Gasteiger partial charge in [0.15, 0.2) is 0 Å². The van der Waals surface area contributed by atoms with E-state index in [4.69, 9.17) is 9.84 Å². The zero-order valence-corrected chi connectivity index (χ0v) is 15.4. The van der Waals surface area contributed by atoms with Gasteiger partial charge in [-0.05, 0) is 35.9 Å². The van der Waals surface area contributed by atoms with Crippen LogP contribution in [0.1, 0.15) is 21.5 Å². The quantitative estimate of drug-likeness (QED) is 0.582. The number of ether oxygens (including phenoxy) is 2. The Kier molecular flexibility index (Phi) is 7.63. The number of carbonyl (C=O) groups excluding carboxylic acids is 1. The number of methoxy groups -OCH3 is 1. The second-order valence-electron chi connectivity index (χ2n) is 5.95. The summed E-state index contributed by atoms with van der Waals surface area (Å²) in [5, 5.41) is 20.6. The highest BCUT2D eigenvalue weighted by Gasteiger charge is 2.30. The van der Waals surface area contributed by atoms with Gasteiger partial charge in [-0.25, -0.2) is 0 Å². The minimum absolute atomic E-state index is 0.0983. The SMILES string of the molecule is COc1ccc(C(=O)NC[C@@H](O)CO)cc1C=Cc1ccc(OC(F)(F)F)cc1. The van der Waals surface area contributed by atoms with Gasteiger partial charge < -0.3 is 25.0 Å². The van der Waals surface area contributed by atoms with E-state index >= 15 is 0 Å². The number of rotatable bonds is 8. The van der Waals surface area contributed by atoms with Crippen molar-refractivity contribution < 1.29 is 37.7 Å². The van der Waals surface area contributed by atoms with Gasteiger partial charge in [0.1, 0.15) is 11.5 Å². The van der Waals surface area contributed by atoms with Crippen molar-refractivity contribution in [1.82, 2.24) is 5.32 Å². The number of halogens is 3. The molecule has 156 valence electrons. The van der Waals surface area contributed by atoms with Gasteiger partial charge in [0.05, 0.1) is 19.8 Å². The fourth-order valence-corrected chi connectivity index (χ4v) is 2.35. The second-order valence-corrected chi connectivity index (χ2v) is 5.95. The summed E-state index contributed by atoms with van der Waals surface area (Å²) in [5.41, 5.74) is 1.49. The van der Waals surface area contributed by atoms with Crippen LogP contribution in [0.25, 0.3) is 12.2 Å². The van der Waals surface area contributed by atoms with Crippen LogP contribution in [0.15, 0.2) is 42.5 Å². The molecule has 2 aromatic carbocycles. The first-order valence-electron chi connectivity index (χ1n) is 8.51. The summed E-state index contributed by atoms with van der Waals surface area (Å²) in [5.74, 6) is -0.273. The minimum atomic E-state index is -4.75. The Morgan fingerprint density at radius 1 is 1.17 bits per heavy atom. The molecule has 3 N–H and O–H groups in total. The smallest absolute Gasteiger partial charge is 0.496 e. The number of alkyl halides is 3. The number of aliphatic hydroxyl groups is 2. The minimum Gasteiger partial charge on any atom is -0.496 e. The predicted molar refractivity (Wildman–Crippen MR) is 100 cm³/mol. The molecule has 0 aliphatic heterocycles. The van der Waals surface area contributed by atoms with Gasteiger partial charge in [-0.15, -0.1) is 13.2 Å². The lowest BCUT2D eigenvalue weighted by Crippen LogP contribution is -2.33. The summed E-state index contributed by atoms with van der Waals surface area (Å²) in [4.78, 5) is 12.2. The van der Waals surface area contributed by atoms with Crippen LogP contribution < -0.4 is 14.8 Å². The third-order valence-corrected chi connectivity index (χ3v) is 3.77. The second kappa shape index (κ2) is 9.94. The molecule has 9 heteroatoms. The van der Waals surface area contributed by atoms with Gasteiger partial charge >= 0.3 is 6.36 Å². The average molecular weight is 411 g/mol. The lowest BCUT2D eigenvalue weighted by atomic mass is 10.1. The van der Waals surface area contributed by atoms with Crippen LogP contribution in [0.4, 0.5) is 13.2 Å². The fraction of sp³-hybridized carbons (Fsp3) is 0.250. The van der Waals surface area contributed by atoms with E-state index in [9.17, 15) is 23.1 Å². The zero-order chi connectivity index (χ0) is 21.4. The van der Waals surface area contributed by atoms with E-state index in [1.54, 1.807) is 30.4 Å². The summed E-state index contributed by atoms with van der Waals surface area (Å²) in [6, 6.07) is 10.0. The Balaban J connectivity index is 2.15. The van der Waals surface area contributed by atoms with Crippen molar-refractivity contribution >= 4 is 18.1 Å². The third kappa shape index (κ3) is 7.13. The first kappa shape index (κ1) is 22.3. The Bertz CT molecular complexity index is 850. The van der Waals surface area contributed by atoms with Crippen molar-refractivity contribution in [2.45, 2.75) is 12.5 Å². The van der Waals surface area contributed by atoms with Crippen LogP contribution in [0.2, 0.25) is 0 Å². The highest BCUT2D eigenvalue weighted by molar-refractivity contribution is 5.95. The third-order valence-electron chi connectivity index (χ3n) is 3.77. The molecular formula is C20H20F3NO5. The molecule has 6 nitrogen and oxygen atoms in total. The van der Waals surface area contributed by atoms with Crippen molar-refractivity contribution in [3.63, 3.8) is 0 Å². The molecule has 2 rings (SSSR count). The molecule has 0 bridgehead atoms. The van der Waals surface area contributed by atoms with Gasteiger partial charge in [0, 0.05) is 17.7 Å². The molecule has 2 aromatic rings. The zero-order valence-electron chi connectivity index (χ0n) is 15.4. The molecule has 0 heterocycles. The number of aliphatic hydroxyl groups excluding tert-OH is 2. The van der Waals surface area contributed by atoms with Crippen molar-refractivity contribution in [3.8, 4) is 11.5 Å². The first-order valence-corrected chi connectivity index (χ1v) is 8.51. The Labute approximate surface area is 165 Å². The van der Waals surface area contributed by atoms with Crippen molar-refractivity contribution in [2.24, 2.45) is 0 Å². The molecule has 29 heavy (non-hydrogen) atoms. The van der Waals surface area contributed by atoms with E-state index in [0.29, 0.717) is 22.4 Å². The summed E-state index contributed by atoms with van der Waals surface area (Å²) >= 11 is 0. The van der Waals surface area contributed by atoms with E-state index in [0.717, 1.165) is 0 Å². The van der Waals surface area contributed by atoms with Crippen LogP contribution >= 0.6 is 0 Å². The molecular weight excluding hydrogens is 391 g/mol. The molecule has 0 aromatic heterocycles. The Hall–Kier alpha value is -3.04. The number of nitrogens with one attached hydrogen (secondary N) is 1. The van der Waals surface area contributed by atoms with Gasteiger partial charge in [0.2, 0.25) is 0 Å². The maximum absolute atomic E-state index is 12.2. The molecule has 0 unspecified atom stereocenters. The normalized spacial score (nSPS) is 12.6. The Morgan fingerprint density at radius 2 is 1.86 bits per heavy atom. The van der Waals surface area contributed by atoms with Crippen LogP contribution in [0.5, 0.6) is 11.5 Å². The number of carbonyl (C=O) groups is 1. The van der Waals surface area contributed by atoms with Gasteiger partial charge in [-0.1, -0.05) is 24.3 Å². The van der Waals surface area contributed by atoms with Crippen molar-refractivity contribution in [1.29, 1.82) is 0 Å². The highest BCUT2D eigenvalue weighted by Crippen LogP contribution is 2.25. The number of hydrogen-bond donors (Lipinski definition) is 3. The lowest BCUT2D eigenvalue weighted by molar-refractivity contribution is -0.274. The van der Waals surface area contributed by atoms with E-state index in [1.807, 2.05) is 0 Å². The number of hydrogen-bond acceptors (Lipinski definition) is 5. The maximum Gasteiger partial charge on any atom is 0.573 e. The van der Waals surface area contributed by atoms with Crippen molar-refractivity contribution in [3.05, 3.63) is 59.2 Å². The van der Waals surface area contributed by atoms with E-state index < -0.39 is 25.0 Å². The topological polar surface area (TPSA) is 88.0 Å². The number of amides is 1. The van der Waals surface area contributed by atoms with Crippen LogP contribution in [0, 0.1) is 0 Å². The van der Waals surface area contributed by atoms with Gasteiger partial charge in [0.25, 0.3) is 5.91 Å². The highest BCUT2D eigenvalue weighted by atomic mass is 19.4. The van der Waals surface area contributed by atoms with Gasteiger partial charge in [-0.3, -0.25) is 4.79 Å². The van der Waals surface area contributed by atoms with E-state index in [1.165, 1.54) is 31.4 Å². The van der Waals surface area contributed by atoms with E-state index in [-0.39, 0.29) is 12.3 Å². The number of benzene rings is 2. The van der Waals surface area contributed by atoms with Crippen LogP contribution in [0.3, 0.4) is 0 Å². The lowest BCUT2D eigenvalue weighted by Gasteiger charge is -2.11. The standard InChI is InChI=1S/C20H20F3NO5/c1-28-18-9-6-15(19(27)24-11-16(26)12-25)10-14(18)5-2-13-3-7-17(8-4-13)29-20(21,22)23/h2-10,16,25-26H,11-12H2,1H3,(H,24,27)/t16-/m1/s1. The molecule has 0 radical (unpaired) electrons. The monoisotopic (exact) mass is 411 g/mol. The Morgan fingerprint density at radius 3 is 2.45 bits per heavy atom. The summed E-state index contributed by atoms with van der Waals surface area (Å²) < 4.78 is 45.7. The summed E-state index contributed by atoms with van der Waals surface area (Å²) in [6.07, 6.45) is -2.51. The summed E-state index contributed by atoms with van der Waals surface area (Å²) in [7, 11) is 1.47. The van der Waals surface area contributed by atoms with Crippen LogP contribution in [-0.4, -0.2) is 48.8 Å². The molecule has 0 aliphatic carbocycles. The van der Waals surface area contributed by atoms with Crippen LogP contribution in [-0.2, 0) is 0 Å². The molecule has 0 spiro atoms. The molecule has 0 saturated heterocycles. The maximum atomic E-state index is 12.2. The molecule has 1 amide bonds. The molecule has 1 atom stereocenters. The molecule has 0 saturated carbocycles. The first-order chi connectivity index (χ1) is 13.7. The van der Waals surface area contributed by atoms with Gasteiger partial charge in [-0.2, -0.15) is 0 Å². The molecule has 0 aliphatic rings. The van der Waals surface area contributed by atoms with E-state index in [2.05, 4.69) is 10.1 Å². The van der Waals surface area contributed by atoms with Crippen molar-refractivity contribution in [2.75, 3.05) is 20.3 Å². The largest absolute Gasteiger partial charge is 0.573 e.